The normalized spacial score (nSPS) is 10.1. The molecule has 24 heavy (non-hydrogen) atoms. The molecule has 5 nitrogen and oxygen atoms in total. The number of aryl methyl sites for hydroxylation is 1. The van der Waals surface area contributed by atoms with Crippen molar-refractivity contribution in [3.05, 3.63) is 53.6 Å². The van der Waals surface area contributed by atoms with Gasteiger partial charge in [0.1, 0.15) is 0 Å². The molecule has 126 valence electrons. The third kappa shape index (κ3) is 4.35. The highest BCUT2D eigenvalue weighted by molar-refractivity contribution is 5.95. The number of methoxy groups -OCH3 is 1. The second kappa shape index (κ2) is 8.15. The molecule has 0 aliphatic rings. The van der Waals surface area contributed by atoms with Crippen LogP contribution in [-0.2, 0) is 11.2 Å². The lowest BCUT2D eigenvalue weighted by Gasteiger charge is -2.13. The second-order valence-electron chi connectivity index (χ2n) is 5.27. The third-order valence-corrected chi connectivity index (χ3v) is 3.60. The van der Waals surface area contributed by atoms with Gasteiger partial charge in [-0.15, -0.1) is 0 Å². The van der Waals surface area contributed by atoms with E-state index in [2.05, 4.69) is 5.32 Å². The van der Waals surface area contributed by atoms with Crippen LogP contribution in [0.2, 0.25) is 0 Å². The van der Waals surface area contributed by atoms with Crippen LogP contribution in [0.4, 0.5) is 5.69 Å². The van der Waals surface area contributed by atoms with Crippen LogP contribution in [0.5, 0.6) is 11.5 Å². The minimum absolute atomic E-state index is 0.0613. The highest BCUT2D eigenvalue weighted by atomic mass is 16.5. The van der Waals surface area contributed by atoms with Gasteiger partial charge in [0.25, 0.3) is 5.91 Å². The van der Waals surface area contributed by atoms with E-state index < -0.39 is 0 Å². The highest BCUT2D eigenvalue weighted by Crippen LogP contribution is 2.28. The molecule has 0 saturated carbocycles. The van der Waals surface area contributed by atoms with Crippen molar-refractivity contribution in [2.45, 2.75) is 20.3 Å². The van der Waals surface area contributed by atoms with E-state index in [-0.39, 0.29) is 18.3 Å². The summed E-state index contributed by atoms with van der Waals surface area (Å²) < 4.78 is 10.7. The lowest BCUT2D eigenvalue weighted by atomic mass is 10.1. The summed E-state index contributed by atoms with van der Waals surface area (Å²) in [5, 5.41) is 2.84. The van der Waals surface area contributed by atoms with E-state index in [1.807, 2.05) is 31.2 Å². The summed E-state index contributed by atoms with van der Waals surface area (Å²) in [7, 11) is 1.49. The molecule has 0 bridgehead atoms. The molecule has 0 aliphatic heterocycles. The van der Waals surface area contributed by atoms with Gasteiger partial charge < -0.3 is 14.8 Å². The summed E-state index contributed by atoms with van der Waals surface area (Å²) in [5.41, 5.74) is 2.38. The number of hydrogen-bond donors (Lipinski definition) is 1. The number of para-hydroxylation sites is 1. The Morgan fingerprint density at radius 1 is 1.08 bits per heavy atom. The molecule has 0 radical (unpaired) electrons. The molecule has 0 heterocycles. The summed E-state index contributed by atoms with van der Waals surface area (Å²) in [5.74, 6) is 0.522. The predicted octanol–water partition coefficient (Wildman–Crippen LogP) is 3.48. The molecule has 0 aromatic heterocycles. The average molecular weight is 327 g/mol. The maximum atomic E-state index is 12.1. The van der Waals surface area contributed by atoms with E-state index in [0.717, 1.165) is 17.7 Å². The van der Waals surface area contributed by atoms with Gasteiger partial charge in [-0.3, -0.25) is 9.59 Å². The Morgan fingerprint density at radius 3 is 2.50 bits per heavy atom. The monoisotopic (exact) mass is 327 g/mol. The number of ether oxygens (including phenoxy) is 2. The first-order valence-corrected chi connectivity index (χ1v) is 7.74. The lowest BCUT2D eigenvalue weighted by Crippen LogP contribution is -2.21. The van der Waals surface area contributed by atoms with Crippen LogP contribution in [0.1, 0.15) is 29.8 Å². The second-order valence-corrected chi connectivity index (χ2v) is 5.27. The standard InChI is InChI=1S/C19H21NO4/c1-4-14-7-5-6-8-16(14)20-19(22)12-24-17-10-9-15(13(2)21)11-18(17)23-3/h5-11H,4,12H2,1-3H3,(H,20,22). The van der Waals surface area contributed by atoms with Gasteiger partial charge >= 0.3 is 0 Å². The minimum Gasteiger partial charge on any atom is -0.493 e. The fourth-order valence-corrected chi connectivity index (χ4v) is 2.29. The number of hydrogen-bond acceptors (Lipinski definition) is 4. The maximum Gasteiger partial charge on any atom is 0.262 e. The van der Waals surface area contributed by atoms with E-state index >= 15 is 0 Å². The van der Waals surface area contributed by atoms with Crippen molar-refractivity contribution in [1.29, 1.82) is 0 Å². The fourth-order valence-electron chi connectivity index (χ4n) is 2.29. The molecule has 0 spiro atoms. The van der Waals surface area contributed by atoms with Crippen LogP contribution in [0.3, 0.4) is 0 Å². The van der Waals surface area contributed by atoms with Crippen molar-refractivity contribution in [1.82, 2.24) is 0 Å². The number of anilines is 1. The van der Waals surface area contributed by atoms with E-state index in [4.69, 9.17) is 9.47 Å². The zero-order valence-electron chi connectivity index (χ0n) is 14.1. The van der Waals surface area contributed by atoms with Crippen molar-refractivity contribution in [3.63, 3.8) is 0 Å². The van der Waals surface area contributed by atoms with E-state index in [0.29, 0.717) is 17.1 Å². The number of nitrogens with one attached hydrogen (secondary N) is 1. The molecule has 1 amide bonds. The molecule has 1 N–H and O–H groups in total. The van der Waals surface area contributed by atoms with Crippen LogP contribution in [0.25, 0.3) is 0 Å². The summed E-state index contributed by atoms with van der Waals surface area (Å²) in [4.78, 5) is 23.5. The average Bonchev–Trinajstić information content (AvgIpc) is 2.60. The zero-order valence-corrected chi connectivity index (χ0v) is 14.1. The highest BCUT2D eigenvalue weighted by Gasteiger charge is 2.11. The number of rotatable bonds is 7. The topological polar surface area (TPSA) is 64.6 Å². The van der Waals surface area contributed by atoms with Gasteiger partial charge in [0.05, 0.1) is 7.11 Å². The van der Waals surface area contributed by atoms with Gasteiger partial charge in [-0.25, -0.2) is 0 Å². The quantitative estimate of drug-likeness (QED) is 0.791. The Hall–Kier alpha value is -2.82. The lowest BCUT2D eigenvalue weighted by molar-refractivity contribution is -0.118. The smallest absolute Gasteiger partial charge is 0.262 e. The molecule has 2 aromatic rings. The predicted molar refractivity (Wildman–Crippen MR) is 92.9 cm³/mol. The first-order chi connectivity index (χ1) is 11.5. The van der Waals surface area contributed by atoms with Gasteiger partial charge in [0, 0.05) is 11.3 Å². The van der Waals surface area contributed by atoms with Crippen molar-refractivity contribution in [2.24, 2.45) is 0 Å². The van der Waals surface area contributed by atoms with Gasteiger partial charge in [0.2, 0.25) is 0 Å². The van der Waals surface area contributed by atoms with Crippen LogP contribution in [0, 0.1) is 0 Å². The molecule has 0 saturated heterocycles. The number of ketones is 1. The first-order valence-electron chi connectivity index (χ1n) is 7.74. The van der Waals surface area contributed by atoms with Crippen molar-refractivity contribution >= 4 is 17.4 Å². The van der Waals surface area contributed by atoms with Gasteiger partial charge in [-0.05, 0) is 43.2 Å². The minimum atomic E-state index is -0.256. The Kier molecular flexibility index (Phi) is 5.95. The van der Waals surface area contributed by atoms with Crippen LogP contribution < -0.4 is 14.8 Å². The Morgan fingerprint density at radius 2 is 1.83 bits per heavy atom. The van der Waals surface area contributed by atoms with Gasteiger partial charge in [-0.1, -0.05) is 25.1 Å². The van der Waals surface area contributed by atoms with Crippen LogP contribution in [-0.4, -0.2) is 25.4 Å². The molecule has 2 rings (SSSR count). The summed E-state index contributed by atoms with van der Waals surface area (Å²) >= 11 is 0. The number of Topliss-reactive ketones (excluding diaryl/α,β-unsaturated/α-hetero) is 1. The zero-order chi connectivity index (χ0) is 17.5. The molecule has 2 aromatic carbocycles. The van der Waals surface area contributed by atoms with Crippen LogP contribution in [0.15, 0.2) is 42.5 Å². The molecular weight excluding hydrogens is 306 g/mol. The van der Waals surface area contributed by atoms with Crippen molar-refractivity contribution in [3.8, 4) is 11.5 Å². The number of carbonyl (C=O) groups is 2. The number of benzene rings is 2. The molecule has 0 atom stereocenters. The van der Waals surface area contributed by atoms with Crippen LogP contribution >= 0.6 is 0 Å². The summed E-state index contributed by atoms with van der Waals surface area (Å²) in [6.45, 7) is 3.37. The van der Waals surface area contributed by atoms with E-state index in [1.165, 1.54) is 14.0 Å². The van der Waals surface area contributed by atoms with Gasteiger partial charge in [0.15, 0.2) is 23.9 Å². The molecule has 0 unspecified atom stereocenters. The first kappa shape index (κ1) is 17.5. The van der Waals surface area contributed by atoms with E-state index in [1.54, 1.807) is 18.2 Å². The molecule has 5 heteroatoms. The number of carbonyl (C=O) groups excluding carboxylic acids is 2. The fraction of sp³-hybridized carbons (Fsp3) is 0.263. The Labute approximate surface area is 141 Å². The van der Waals surface area contributed by atoms with Gasteiger partial charge in [-0.2, -0.15) is 0 Å². The SMILES string of the molecule is CCc1ccccc1NC(=O)COc1ccc(C(C)=O)cc1OC. The Bertz CT molecular complexity index is 740. The summed E-state index contributed by atoms with van der Waals surface area (Å²) in [6, 6.07) is 12.5. The molecule has 0 fully saturated rings. The molecular formula is C19H21NO4. The maximum absolute atomic E-state index is 12.1. The van der Waals surface area contributed by atoms with Crippen molar-refractivity contribution < 1.29 is 19.1 Å². The van der Waals surface area contributed by atoms with E-state index in [9.17, 15) is 9.59 Å². The number of amides is 1. The largest absolute Gasteiger partial charge is 0.493 e. The molecule has 0 aliphatic carbocycles. The summed E-state index contributed by atoms with van der Waals surface area (Å²) in [6.07, 6.45) is 0.831. The van der Waals surface area contributed by atoms with Crippen molar-refractivity contribution in [2.75, 3.05) is 19.0 Å². The Balaban J connectivity index is 2.02. The third-order valence-electron chi connectivity index (χ3n) is 3.60.